The molecule has 0 saturated heterocycles. The minimum atomic E-state index is 0.126. The first-order valence-electron chi connectivity index (χ1n) is 9.18. The Hall–Kier alpha value is -1.72. The highest BCUT2D eigenvalue weighted by Gasteiger charge is 2.69. The van der Waals surface area contributed by atoms with Gasteiger partial charge in [-0.3, -0.25) is 4.79 Å². The van der Waals surface area contributed by atoms with Gasteiger partial charge in [0, 0.05) is 18.3 Å². The van der Waals surface area contributed by atoms with E-state index < -0.39 is 0 Å². The Balaban J connectivity index is 1.61. The minimum Gasteiger partial charge on any atom is -0.467 e. The molecule has 4 fully saturated rings. The zero-order chi connectivity index (χ0) is 18.0. The van der Waals surface area contributed by atoms with Crippen molar-refractivity contribution in [1.29, 1.82) is 0 Å². The monoisotopic (exact) mass is 345 g/mol. The van der Waals surface area contributed by atoms with Gasteiger partial charge in [0.25, 0.3) is 0 Å². The van der Waals surface area contributed by atoms with Crippen molar-refractivity contribution in [2.45, 2.75) is 46.5 Å². The third kappa shape index (κ3) is 2.22. The predicted octanol–water partition coefficient (Wildman–Crippen LogP) is 2.71. The Morgan fingerprint density at radius 2 is 1.72 bits per heavy atom. The fraction of sp³-hybridized carbons (Fsp3) is 0.789. The topological polar surface area (TPSA) is 74.2 Å². The van der Waals surface area contributed by atoms with Crippen molar-refractivity contribution < 1.29 is 14.3 Å². The van der Waals surface area contributed by atoms with Gasteiger partial charge in [0.05, 0.1) is 14.2 Å². The molecule has 6 nitrogen and oxygen atoms in total. The predicted molar refractivity (Wildman–Crippen MR) is 91.3 cm³/mol. The first kappa shape index (κ1) is 16.7. The number of carbonyl (C=O) groups excluding carboxylic acids is 1. The molecule has 0 radical (unpaired) electrons. The average Bonchev–Trinajstić information content (AvgIpc) is 2.91. The summed E-state index contributed by atoms with van der Waals surface area (Å²) in [6, 6.07) is 0.531. The third-order valence-electron chi connectivity index (χ3n) is 7.40. The maximum absolute atomic E-state index is 13.2. The Labute approximate surface area is 148 Å². The smallest absolute Gasteiger partial charge is 0.322 e. The molecule has 0 aromatic carbocycles. The minimum absolute atomic E-state index is 0.126. The summed E-state index contributed by atoms with van der Waals surface area (Å²) in [7, 11) is 3.07. The van der Waals surface area contributed by atoms with Crippen molar-refractivity contribution in [1.82, 2.24) is 15.0 Å². The van der Waals surface area contributed by atoms with Crippen LogP contribution in [0.15, 0.2) is 0 Å². The van der Waals surface area contributed by atoms with Crippen LogP contribution < -0.4 is 9.47 Å². The summed E-state index contributed by atoms with van der Waals surface area (Å²) in [4.78, 5) is 26.0. The zero-order valence-corrected chi connectivity index (χ0v) is 15.7. The van der Waals surface area contributed by atoms with Gasteiger partial charge in [-0.05, 0) is 41.9 Å². The summed E-state index contributed by atoms with van der Waals surface area (Å²) in [5.41, 5.74) is 0.290. The fourth-order valence-electron chi connectivity index (χ4n) is 6.16. The molecule has 4 aliphatic rings. The molecule has 4 aliphatic carbocycles. The van der Waals surface area contributed by atoms with Crippen LogP contribution in [0.1, 0.15) is 45.9 Å². The van der Waals surface area contributed by atoms with E-state index in [1.165, 1.54) is 14.2 Å². The fourth-order valence-corrected chi connectivity index (χ4v) is 6.16. The third-order valence-corrected chi connectivity index (χ3v) is 7.40. The van der Waals surface area contributed by atoms with Gasteiger partial charge in [0.1, 0.15) is 11.6 Å². The number of nitrogens with zero attached hydrogens (tertiary/aromatic N) is 3. The first-order valence-corrected chi connectivity index (χ1v) is 9.18. The largest absolute Gasteiger partial charge is 0.467 e. The van der Waals surface area contributed by atoms with Gasteiger partial charge in [-0.1, -0.05) is 20.8 Å². The van der Waals surface area contributed by atoms with Crippen LogP contribution >= 0.6 is 0 Å². The summed E-state index contributed by atoms with van der Waals surface area (Å²) >= 11 is 0. The number of aromatic nitrogens is 3. The van der Waals surface area contributed by atoms with Crippen LogP contribution in [0, 0.1) is 34.5 Å². The highest BCUT2D eigenvalue weighted by Crippen LogP contribution is 2.71. The molecule has 25 heavy (non-hydrogen) atoms. The molecule has 0 aliphatic heterocycles. The molecule has 2 unspecified atom stereocenters. The molecule has 1 aromatic heterocycles. The normalized spacial score (nSPS) is 38.0. The molecule has 0 spiro atoms. The molecule has 1 heterocycles. The van der Waals surface area contributed by atoms with E-state index in [4.69, 9.17) is 9.47 Å². The van der Waals surface area contributed by atoms with Crippen LogP contribution in [0.2, 0.25) is 0 Å². The Morgan fingerprint density at radius 1 is 1.08 bits per heavy atom. The van der Waals surface area contributed by atoms with Crippen LogP contribution in [0.4, 0.5) is 0 Å². The van der Waals surface area contributed by atoms with Gasteiger partial charge in [0.15, 0.2) is 0 Å². The van der Waals surface area contributed by atoms with E-state index in [1.807, 2.05) is 0 Å². The molecule has 6 heteroatoms. The maximum Gasteiger partial charge on any atom is 0.322 e. The highest BCUT2D eigenvalue weighted by atomic mass is 16.5. The first-order chi connectivity index (χ1) is 11.8. The van der Waals surface area contributed by atoms with Crippen LogP contribution in [-0.2, 0) is 11.2 Å². The van der Waals surface area contributed by atoms with E-state index in [2.05, 4.69) is 35.7 Å². The maximum atomic E-state index is 13.2. The number of methoxy groups -OCH3 is 2. The van der Waals surface area contributed by atoms with E-state index in [0.717, 1.165) is 19.3 Å². The SMILES string of the molecule is COc1nc(C[C@H]2CC[C@]3(C)C4CC(C(=O)[C@H]23)C4(C)C)nc(OC)n1. The molecular weight excluding hydrogens is 318 g/mol. The number of Topliss-reactive ketones (excluding diaryl/α,β-unsaturated/α-hetero) is 1. The highest BCUT2D eigenvalue weighted by molar-refractivity contribution is 5.88. The zero-order valence-electron chi connectivity index (χ0n) is 15.7. The summed E-state index contributed by atoms with van der Waals surface area (Å²) in [6.45, 7) is 6.90. The lowest BCUT2D eigenvalue weighted by atomic mass is 9.38. The van der Waals surface area contributed by atoms with E-state index in [0.29, 0.717) is 29.9 Å². The van der Waals surface area contributed by atoms with E-state index >= 15 is 0 Å². The lowest BCUT2D eigenvalue weighted by Crippen LogP contribution is -2.64. The Bertz CT molecular complexity index is 698. The summed E-state index contributed by atoms with van der Waals surface area (Å²) in [5, 5.41) is 0. The molecule has 0 N–H and O–H groups in total. The molecule has 1 aromatic rings. The second kappa shape index (κ2) is 5.39. The van der Waals surface area contributed by atoms with E-state index in [-0.39, 0.29) is 34.7 Å². The second-order valence-electron chi connectivity index (χ2n) is 8.78. The van der Waals surface area contributed by atoms with Crippen molar-refractivity contribution in [3.05, 3.63) is 5.82 Å². The van der Waals surface area contributed by atoms with Gasteiger partial charge in [-0.25, -0.2) is 0 Å². The lowest BCUT2D eigenvalue weighted by molar-refractivity contribution is -0.187. The van der Waals surface area contributed by atoms with Gasteiger partial charge in [0.2, 0.25) is 0 Å². The van der Waals surface area contributed by atoms with Crippen LogP contribution in [0.3, 0.4) is 0 Å². The average molecular weight is 345 g/mol. The van der Waals surface area contributed by atoms with E-state index in [1.54, 1.807) is 0 Å². The standard InChI is InChI=1S/C19H27N3O3/c1-18(2)11-9-12(18)19(3)7-6-10(14(19)15(11)23)8-13-20-16(24-4)22-17(21-13)25-5/h10-12,14H,6-9H2,1-5H3/t10-,11?,12?,14+,19-/m1/s1. The van der Waals surface area contributed by atoms with Crippen LogP contribution in [0.25, 0.3) is 0 Å². The van der Waals surface area contributed by atoms with Gasteiger partial charge >= 0.3 is 12.0 Å². The Kier molecular flexibility index (Phi) is 3.61. The summed E-state index contributed by atoms with van der Waals surface area (Å²) in [6.07, 6.45) is 3.94. The van der Waals surface area contributed by atoms with Crippen molar-refractivity contribution in [3.8, 4) is 12.0 Å². The van der Waals surface area contributed by atoms with E-state index in [9.17, 15) is 4.79 Å². The quantitative estimate of drug-likeness (QED) is 0.835. The molecule has 4 saturated carbocycles. The molecule has 2 bridgehead atoms. The number of ether oxygens (including phenoxy) is 2. The molecule has 136 valence electrons. The number of hydrogen-bond acceptors (Lipinski definition) is 6. The lowest BCUT2D eigenvalue weighted by Gasteiger charge is -2.65. The number of carbonyl (C=O) groups is 1. The van der Waals surface area contributed by atoms with Gasteiger partial charge < -0.3 is 9.47 Å². The molecule has 5 atom stereocenters. The van der Waals surface area contributed by atoms with Crippen molar-refractivity contribution >= 4 is 5.78 Å². The van der Waals surface area contributed by atoms with Crippen LogP contribution in [-0.4, -0.2) is 35.0 Å². The Morgan fingerprint density at radius 3 is 2.28 bits per heavy atom. The van der Waals surface area contributed by atoms with Crippen molar-refractivity contribution in [2.24, 2.45) is 34.5 Å². The van der Waals surface area contributed by atoms with Gasteiger partial charge in [-0.2, -0.15) is 9.97 Å². The molecular formula is C19H27N3O3. The number of rotatable bonds is 4. The molecule has 0 amide bonds. The summed E-state index contributed by atoms with van der Waals surface area (Å²) in [5.74, 6) is 2.46. The van der Waals surface area contributed by atoms with Crippen LogP contribution in [0.5, 0.6) is 12.0 Å². The second-order valence-corrected chi connectivity index (χ2v) is 8.78. The van der Waals surface area contributed by atoms with Crippen molar-refractivity contribution in [3.63, 3.8) is 0 Å². The molecule has 5 rings (SSSR count). The number of hydrogen-bond donors (Lipinski definition) is 0. The van der Waals surface area contributed by atoms with Crippen molar-refractivity contribution in [2.75, 3.05) is 14.2 Å². The summed E-state index contributed by atoms with van der Waals surface area (Å²) < 4.78 is 10.3. The van der Waals surface area contributed by atoms with Gasteiger partial charge in [-0.15, -0.1) is 4.98 Å². The number of ketones is 1.